The van der Waals surface area contributed by atoms with Crippen molar-refractivity contribution in [3.8, 4) is 11.3 Å². The van der Waals surface area contributed by atoms with Crippen LogP contribution in [0.25, 0.3) is 26.4 Å². The molecule has 0 aliphatic heterocycles. The van der Waals surface area contributed by atoms with Crippen molar-refractivity contribution in [2.24, 2.45) is 0 Å². The fourth-order valence-corrected chi connectivity index (χ4v) is 5.12. The predicted octanol–water partition coefficient (Wildman–Crippen LogP) is 4.74. The summed E-state index contributed by atoms with van der Waals surface area (Å²) in [6.07, 6.45) is 3.05. The highest BCUT2D eigenvalue weighted by atomic mass is 32.1. The molecule has 33 heavy (non-hydrogen) atoms. The van der Waals surface area contributed by atoms with E-state index in [1.54, 1.807) is 11.3 Å². The molecule has 2 aromatic carbocycles. The third-order valence-corrected chi connectivity index (χ3v) is 6.95. The molecule has 4 rings (SSSR count). The number of hydrogen-bond donors (Lipinski definition) is 1. The molecule has 6 nitrogen and oxygen atoms in total. The van der Waals surface area contributed by atoms with Gasteiger partial charge in [-0.2, -0.15) is 0 Å². The van der Waals surface area contributed by atoms with Gasteiger partial charge < -0.3 is 15.1 Å². The Morgan fingerprint density at radius 3 is 2.55 bits per heavy atom. The average molecular weight is 464 g/mol. The van der Waals surface area contributed by atoms with E-state index in [1.165, 1.54) is 5.56 Å². The summed E-state index contributed by atoms with van der Waals surface area (Å²) in [5.74, 6) is -0.0130. The summed E-state index contributed by atoms with van der Waals surface area (Å²) >= 11 is 1.62. The number of nitrogens with one attached hydrogen (secondary N) is 1. The van der Waals surface area contributed by atoms with Crippen molar-refractivity contribution in [2.75, 3.05) is 40.3 Å². The second-order valence-electron chi connectivity index (χ2n) is 8.63. The number of carbonyl (C=O) groups excluding carboxylic acids is 1. The number of carbonyl (C=O) groups is 1. The van der Waals surface area contributed by atoms with E-state index < -0.39 is 0 Å². The van der Waals surface area contributed by atoms with Gasteiger partial charge in [0.2, 0.25) is 0 Å². The summed E-state index contributed by atoms with van der Waals surface area (Å²) in [4.78, 5) is 22.9. The molecular weight excluding hydrogens is 430 g/mol. The van der Waals surface area contributed by atoms with E-state index in [0.29, 0.717) is 12.1 Å². The van der Waals surface area contributed by atoms with Crippen molar-refractivity contribution in [1.82, 2.24) is 24.5 Å². The second kappa shape index (κ2) is 10.5. The van der Waals surface area contributed by atoms with Gasteiger partial charge in [0.05, 0.1) is 15.9 Å². The van der Waals surface area contributed by atoms with E-state index >= 15 is 0 Å². The highest BCUT2D eigenvalue weighted by Crippen LogP contribution is 2.30. The molecule has 0 unspecified atom stereocenters. The SMILES string of the molecule is CCN(CC)CCCNC(=O)c1ccc2c(c1)sc1nc(-c3ccc(CN(C)C)cc3)cn12. The first-order valence-corrected chi connectivity index (χ1v) is 12.5. The van der Waals surface area contributed by atoms with Crippen molar-refractivity contribution < 1.29 is 4.79 Å². The summed E-state index contributed by atoms with van der Waals surface area (Å²) in [6.45, 7) is 9.05. The Balaban J connectivity index is 1.45. The third-order valence-electron chi connectivity index (χ3n) is 5.94. The zero-order chi connectivity index (χ0) is 23.4. The number of benzene rings is 2. The molecule has 0 aliphatic carbocycles. The van der Waals surface area contributed by atoms with Crippen molar-refractivity contribution in [3.63, 3.8) is 0 Å². The molecule has 2 heterocycles. The molecular formula is C26H33N5OS. The molecule has 1 N–H and O–H groups in total. The number of imidazole rings is 1. The molecule has 4 aromatic rings. The lowest BCUT2D eigenvalue weighted by molar-refractivity contribution is 0.0952. The molecule has 0 fully saturated rings. The quantitative estimate of drug-likeness (QED) is 0.345. The minimum Gasteiger partial charge on any atom is -0.352 e. The van der Waals surface area contributed by atoms with Crippen LogP contribution in [0.4, 0.5) is 0 Å². The van der Waals surface area contributed by atoms with Crippen molar-refractivity contribution in [3.05, 3.63) is 59.8 Å². The fourth-order valence-electron chi connectivity index (χ4n) is 4.07. The van der Waals surface area contributed by atoms with E-state index in [0.717, 1.165) is 59.0 Å². The molecule has 1 amide bonds. The largest absolute Gasteiger partial charge is 0.352 e. The Morgan fingerprint density at radius 2 is 1.85 bits per heavy atom. The zero-order valence-electron chi connectivity index (χ0n) is 20.0. The second-order valence-corrected chi connectivity index (χ2v) is 9.64. The van der Waals surface area contributed by atoms with Crippen molar-refractivity contribution in [1.29, 1.82) is 0 Å². The first-order chi connectivity index (χ1) is 16.0. The summed E-state index contributed by atoms with van der Waals surface area (Å²) in [5, 5.41) is 3.06. The van der Waals surface area contributed by atoms with Gasteiger partial charge >= 0.3 is 0 Å². The third kappa shape index (κ3) is 5.43. The van der Waals surface area contributed by atoms with Crippen LogP contribution in [0.15, 0.2) is 48.7 Å². The Labute approximate surface area is 199 Å². The van der Waals surface area contributed by atoms with Crippen LogP contribution in [0.5, 0.6) is 0 Å². The van der Waals surface area contributed by atoms with E-state index in [-0.39, 0.29) is 5.91 Å². The number of rotatable bonds is 10. The van der Waals surface area contributed by atoms with Crippen LogP contribution in [0.3, 0.4) is 0 Å². The maximum Gasteiger partial charge on any atom is 0.251 e. The van der Waals surface area contributed by atoms with Crippen LogP contribution < -0.4 is 5.32 Å². The van der Waals surface area contributed by atoms with Crippen LogP contribution in [0.2, 0.25) is 0 Å². The molecule has 0 radical (unpaired) electrons. The smallest absolute Gasteiger partial charge is 0.251 e. The number of amides is 1. The van der Waals surface area contributed by atoms with E-state index in [1.807, 2.05) is 18.2 Å². The Bertz CT molecular complexity index is 1220. The molecule has 0 saturated carbocycles. The molecule has 174 valence electrons. The van der Waals surface area contributed by atoms with Gasteiger partial charge in [-0.1, -0.05) is 49.4 Å². The van der Waals surface area contributed by atoms with Crippen LogP contribution >= 0.6 is 11.3 Å². The van der Waals surface area contributed by atoms with Crippen LogP contribution in [-0.2, 0) is 6.54 Å². The summed E-state index contributed by atoms with van der Waals surface area (Å²) < 4.78 is 3.19. The maximum absolute atomic E-state index is 12.6. The van der Waals surface area contributed by atoms with E-state index in [4.69, 9.17) is 4.98 Å². The Hall–Kier alpha value is -2.74. The van der Waals surface area contributed by atoms with Gasteiger partial charge in [0, 0.05) is 30.4 Å². The van der Waals surface area contributed by atoms with Gasteiger partial charge in [-0.15, -0.1) is 0 Å². The van der Waals surface area contributed by atoms with Crippen LogP contribution in [-0.4, -0.2) is 65.4 Å². The van der Waals surface area contributed by atoms with Crippen molar-refractivity contribution >= 4 is 32.4 Å². The highest BCUT2D eigenvalue weighted by Gasteiger charge is 2.13. The Kier molecular flexibility index (Phi) is 7.42. The van der Waals surface area contributed by atoms with Crippen LogP contribution in [0.1, 0.15) is 36.2 Å². The first kappa shape index (κ1) is 23.4. The lowest BCUT2D eigenvalue weighted by atomic mass is 10.1. The molecule has 0 atom stereocenters. The van der Waals surface area contributed by atoms with Gasteiger partial charge in [-0.25, -0.2) is 4.98 Å². The Morgan fingerprint density at radius 1 is 1.09 bits per heavy atom. The van der Waals surface area contributed by atoms with Gasteiger partial charge in [0.15, 0.2) is 4.96 Å². The molecule has 0 aliphatic rings. The van der Waals surface area contributed by atoms with E-state index in [2.05, 4.69) is 77.9 Å². The number of nitrogens with zero attached hydrogens (tertiary/aromatic N) is 4. The minimum atomic E-state index is -0.0130. The van der Waals surface area contributed by atoms with Crippen LogP contribution in [0, 0.1) is 0 Å². The lowest BCUT2D eigenvalue weighted by Gasteiger charge is -2.17. The minimum absolute atomic E-state index is 0.0130. The van der Waals surface area contributed by atoms with Gasteiger partial charge in [0.25, 0.3) is 5.91 Å². The number of thiazole rings is 1. The molecule has 0 bridgehead atoms. The monoisotopic (exact) mass is 463 g/mol. The molecule has 0 saturated heterocycles. The van der Waals surface area contributed by atoms with Gasteiger partial charge in [-0.3, -0.25) is 9.20 Å². The number of aromatic nitrogens is 2. The molecule has 2 aromatic heterocycles. The zero-order valence-corrected chi connectivity index (χ0v) is 20.8. The van der Waals surface area contributed by atoms with Gasteiger partial charge in [-0.05, 0) is 63.9 Å². The van der Waals surface area contributed by atoms with Gasteiger partial charge in [0.1, 0.15) is 0 Å². The molecule has 0 spiro atoms. The maximum atomic E-state index is 12.6. The predicted molar refractivity (Wildman–Crippen MR) is 138 cm³/mol. The fraction of sp³-hybridized carbons (Fsp3) is 0.385. The first-order valence-electron chi connectivity index (χ1n) is 11.6. The van der Waals surface area contributed by atoms with Crippen molar-refractivity contribution in [2.45, 2.75) is 26.8 Å². The summed E-state index contributed by atoms with van der Waals surface area (Å²) in [7, 11) is 4.15. The highest BCUT2D eigenvalue weighted by molar-refractivity contribution is 7.23. The number of hydrogen-bond acceptors (Lipinski definition) is 5. The normalized spacial score (nSPS) is 11.8. The topological polar surface area (TPSA) is 52.9 Å². The average Bonchev–Trinajstić information content (AvgIpc) is 3.37. The molecule has 7 heteroatoms. The summed E-state index contributed by atoms with van der Waals surface area (Å²) in [5.41, 5.74) is 5.15. The standard InChI is InChI=1S/C26H33N5OS/c1-5-30(6-2)15-7-14-27-25(32)21-12-13-23-24(16-21)33-26-28-22(18-31(23)26)20-10-8-19(9-11-20)17-29(3)4/h8-13,16,18H,5-7,14-15,17H2,1-4H3,(H,27,32). The summed E-state index contributed by atoms with van der Waals surface area (Å²) in [6, 6.07) is 14.5. The van der Waals surface area contributed by atoms with E-state index in [9.17, 15) is 4.79 Å². The lowest BCUT2D eigenvalue weighted by Crippen LogP contribution is -2.29. The number of fused-ring (bicyclic) bond motifs is 3.